The molecule has 2 N–H and O–H groups in total. The fraction of sp³-hybridized carbons (Fsp3) is 0.846. The molecular weight excluding hydrogens is 275 g/mol. The molecular formula is C13H18F3NO3. The number of alkyl halides is 3. The number of hydrogen-bond donors (Lipinski definition) is 2. The van der Waals surface area contributed by atoms with E-state index < -0.39 is 35.4 Å². The van der Waals surface area contributed by atoms with Gasteiger partial charge in [-0.15, -0.1) is 0 Å². The van der Waals surface area contributed by atoms with Crippen molar-refractivity contribution in [2.45, 2.75) is 50.7 Å². The summed E-state index contributed by atoms with van der Waals surface area (Å²) in [6.07, 6.45) is -3.26. The third-order valence-electron chi connectivity index (χ3n) is 4.55. The van der Waals surface area contributed by atoms with E-state index in [2.05, 4.69) is 5.32 Å². The fourth-order valence-electron chi connectivity index (χ4n) is 2.97. The lowest BCUT2D eigenvalue weighted by Crippen LogP contribution is -2.50. The van der Waals surface area contributed by atoms with Gasteiger partial charge >= 0.3 is 12.1 Å². The first kappa shape index (κ1) is 15.1. The zero-order valence-corrected chi connectivity index (χ0v) is 11.2. The topological polar surface area (TPSA) is 66.4 Å². The molecule has 0 heterocycles. The van der Waals surface area contributed by atoms with Crippen LogP contribution in [-0.4, -0.2) is 28.7 Å². The number of carbonyl (C=O) groups is 2. The normalized spacial score (nSPS) is 31.9. The average Bonchev–Trinajstić information content (AvgIpc) is 2.99. The lowest BCUT2D eigenvalue weighted by atomic mass is 9.95. The van der Waals surface area contributed by atoms with Crippen LogP contribution in [0.15, 0.2) is 0 Å². The quantitative estimate of drug-likeness (QED) is 0.836. The van der Waals surface area contributed by atoms with Gasteiger partial charge in [0.25, 0.3) is 0 Å². The molecule has 2 fully saturated rings. The Balaban J connectivity index is 2.07. The molecule has 0 aromatic rings. The third kappa shape index (κ3) is 2.62. The molecule has 0 bridgehead atoms. The summed E-state index contributed by atoms with van der Waals surface area (Å²) in [4.78, 5) is 23.2. The van der Waals surface area contributed by atoms with Gasteiger partial charge in [-0.3, -0.25) is 9.59 Å². The van der Waals surface area contributed by atoms with Crippen molar-refractivity contribution in [3.05, 3.63) is 0 Å². The summed E-state index contributed by atoms with van der Waals surface area (Å²) in [7, 11) is 0. The van der Waals surface area contributed by atoms with E-state index >= 15 is 0 Å². The van der Waals surface area contributed by atoms with E-state index in [-0.39, 0.29) is 18.8 Å². The third-order valence-corrected chi connectivity index (χ3v) is 4.55. The van der Waals surface area contributed by atoms with Crippen LogP contribution >= 0.6 is 0 Å². The highest BCUT2D eigenvalue weighted by Gasteiger charge is 2.65. The van der Waals surface area contributed by atoms with Crippen LogP contribution in [0.4, 0.5) is 13.2 Å². The van der Waals surface area contributed by atoms with Crippen molar-refractivity contribution in [1.82, 2.24) is 5.32 Å². The van der Waals surface area contributed by atoms with E-state index in [1.54, 1.807) is 0 Å². The van der Waals surface area contributed by atoms with Crippen LogP contribution in [-0.2, 0) is 9.59 Å². The van der Waals surface area contributed by atoms with Gasteiger partial charge in [0.1, 0.15) is 5.54 Å². The van der Waals surface area contributed by atoms with Gasteiger partial charge in [0.2, 0.25) is 5.91 Å². The smallest absolute Gasteiger partial charge is 0.411 e. The van der Waals surface area contributed by atoms with Gasteiger partial charge in [-0.1, -0.05) is 13.3 Å². The maximum atomic E-state index is 12.8. The van der Waals surface area contributed by atoms with Crippen molar-refractivity contribution < 1.29 is 27.9 Å². The molecule has 7 heteroatoms. The standard InChI is InChI=1S/C13H18F3NO3/c1-2-7-5-8(9(6-7)11(19)20)10(18)17-12(3-4-12)13(14,15)16/h7-9H,2-6H2,1H3,(H,17,18)(H,19,20)/t7?,8-,9+/m0/s1. The largest absolute Gasteiger partial charge is 0.481 e. The summed E-state index contributed by atoms with van der Waals surface area (Å²) in [6, 6.07) is 0. The van der Waals surface area contributed by atoms with E-state index in [0.717, 1.165) is 6.42 Å². The van der Waals surface area contributed by atoms with Gasteiger partial charge in [-0.25, -0.2) is 0 Å². The summed E-state index contributed by atoms with van der Waals surface area (Å²) in [5, 5.41) is 11.2. The molecule has 0 aromatic heterocycles. The molecule has 0 radical (unpaired) electrons. The number of nitrogens with one attached hydrogen (secondary N) is 1. The molecule has 1 unspecified atom stereocenters. The molecule has 20 heavy (non-hydrogen) atoms. The van der Waals surface area contributed by atoms with Crippen LogP contribution in [0.25, 0.3) is 0 Å². The molecule has 2 rings (SSSR count). The summed E-state index contributed by atoms with van der Waals surface area (Å²) < 4.78 is 38.4. The number of rotatable bonds is 4. The summed E-state index contributed by atoms with van der Waals surface area (Å²) in [6.45, 7) is 1.89. The number of carbonyl (C=O) groups excluding carboxylic acids is 1. The highest BCUT2D eigenvalue weighted by atomic mass is 19.4. The molecule has 2 aliphatic carbocycles. The van der Waals surface area contributed by atoms with Gasteiger partial charge in [-0.2, -0.15) is 13.2 Å². The molecule has 0 saturated heterocycles. The van der Waals surface area contributed by atoms with Crippen LogP contribution in [0.5, 0.6) is 0 Å². The Morgan fingerprint density at radius 2 is 1.80 bits per heavy atom. The van der Waals surface area contributed by atoms with E-state index in [1.807, 2.05) is 6.92 Å². The van der Waals surface area contributed by atoms with Crippen molar-refractivity contribution in [2.75, 3.05) is 0 Å². The van der Waals surface area contributed by atoms with E-state index in [0.29, 0.717) is 12.8 Å². The molecule has 2 saturated carbocycles. The minimum absolute atomic E-state index is 0.0906. The highest BCUT2D eigenvalue weighted by molar-refractivity contribution is 5.86. The number of hydrogen-bond acceptors (Lipinski definition) is 2. The second-order valence-electron chi connectivity index (χ2n) is 5.87. The first-order valence-corrected chi connectivity index (χ1v) is 6.81. The lowest BCUT2D eigenvalue weighted by molar-refractivity contribution is -0.172. The number of halogens is 3. The highest BCUT2D eigenvalue weighted by Crippen LogP contribution is 2.49. The second-order valence-corrected chi connectivity index (χ2v) is 5.87. The van der Waals surface area contributed by atoms with Crippen molar-refractivity contribution in [1.29, 1.82) is 0 Å². The van der Waals surface area contributed by atoms with E-state index in [4.69, 9.17) is 5.11 Å². The SMILES string of the molecule is CCC1C[C@H](C(=O)NC2(C(F)(F)F)CC2)[C@H](C(=O)O)C1. The van der Waals surface area contributed by atoms with Gasteiger partial charge in [0.15, 0.2) is 0 Å². The number of amides is 1. The predicted octanol–water partition coefficient (Wildman–Crippen LogP) is 2.33. The predicted molar refractivity (Wildman–Crippen MR) is 63.8 cm³/mol. The minimum Gasteiger partial charge on any atom is -0.481 e. The van der Waals surface area contributed by atoms with Gasteiger partial charge in [0.05, 0.1) is 11.8 Å². The first-order valence-electron chi connectivity index (χ1n) is 6.81. The van der Waals surface area contributed by atoms with Gasteiger partial charge in [0, 0.05) is 0 Å². The van der Waals surface area contributed by atoms with Crippen LogP contribution in [0.2, 0.25) is 0 Å². The molecule has 1 amide bonds. The maximum Gasteiger partial charge on any atom is 0.411 e. The molecule has 3 atom stereocenters. The zero-order valence-electron chi connectivity index (χ0n) is 11.2. The number of aliphatic carboxylic acids is 1. The summed E-state index contributed by atoms with van der Waals surface area (Å²) in [5.41, 5.74) is -2.11. The van der Waals surface area contributed by atoms with Crippen LogP contribution in [0, 0.1) is 17.8 Å². The summed E-state index contributed by atoms with van der Waals surface area (Å²) >= 11 is 0. The Hall–Kier alpha value is -1.27. The van der Waals surface area contributed by atoms with E-state index in [9.17, 15) is 22.8 Å². The molecule has 114 valence electrons. The second kappa shape index (κ2) is 4.93. The van der Waals surface area contributed by atoms with Gasteiger partial charge in [-0.05, 0) is 31.6 Å². The Morgan fingerprint density at radius 1 is 1.25 bits per heavy atom. The van der Waals surface area contributed by atoms with Crippen molar-refractivity contribution in [3.8, 4) is 0 Å². The summed E-state index contributed by atoms with van der Waals surface area (Å²) in [5.74, 6) is -3.49. The monoisotopic (exact) mass is 293 g/mol. The maximum absolute atomic E-state index is 12.8. The van der Waals surface area contributed by atoms with Crippen LogP contribution in [0.1, 0.15) is 39.0 Å². The molecule has 0 aliphatic heterocycles. The first-order chi connectivity index (χ1) is 9.20. The van der Waals surface area contributed by atoms with Crippen LogP contribution in [0.3, 0.4) is 0 Å². The lowest BCUT2D eigenvalue weighted by Gasteiger charge is -2.24. The number of carboxylic acids is 1. The molecule has 2 aliphatic rings. The minimum atomic E-state index is -4.47. The Bertz CT molecular complexity index is 418. The Kier molecular flexibility index (Phi) is 3.73. The Morgan fingerprint density at radius 3 is 2.20 bits per heavy atom. The average molecular weight is 293 g/mol. The zero-order chi connectivity index (χ0) is 15.1. The van der Waals surface area contributed by atoms with Crippen molar-refractivity contribution in [2.24, 2.45) is 17.8 Å². The van der Waals surface area contributed by atoms with Crippen molar-refractivity contribution in [3.63, 3.8) is 0 Å². The van der Waals surface area contributed by atoms with Crippen LogP contribution < -0.4 is 5.32 Å². The van der Waals surface area contributed by atoms with E-state index in [1.165, 1.54) is 0 Å². The van der Waals surface area contributed by atoms with Gasteiger partial charge < -0.3 is 10.4 Å². The molecule has 0 aromatic carbocycles. The Labute approximate surface area is 114 Å². The number of carboxylic acid groups (broad SMARTS) is 1. The molecule has 0 spiro atoms. The van der Waals surface area contributed by atoms with Crippen molar-refractivity contribution >= 4 is 11.9 Å². The molecule has 4 nitrogen and oxygen atoms in total. The fourth-order valence-corrected chi connectivity index (χ4v) is 2.97.